The quantitative estimate of drug-likeness (QED) is 0.851. The fourth-order valence-corrected chi connectivity index (χ4v) is 2.10. The Hall–Kier alpha value is -1.53. The lowest BCUT2D eigenvalue weighted by Crippen LogP contribution is -2.12. The summed E-state index contributed by atoms with van der Waals surface area (Å²) in [5.74, 6) is 0.463. The van der Waals surface area contributed by atoms with Gasteiger partial charge < -0.3 is 11.1 Å². The van der Waals surface area contributed by atoms with Gasteiger partial charge in [0.2, 0.25) is 5.95 Å². The summed E-state index contributed by atoms with van der Waals surface area (Å²) < 4.78 is 0.951. The predicted octanol–water partition coefficient (Wildman–Crippen LogP) is 2.93. The molecule has 0 atom stereocenters. The van der Waals surface area contributed by atoms with Gasteiger partial charge in [0.1, 0.15) is 10.7 Å². The first-order chi connectivity index (χ1) is 8.56. The Morgan fingerprint density at radius 2 is 2.17 bits per heavy atom. The van der Waals surface area contributed by atoms with Crippen LogP contribution in [0.3, 0.4) is 0 Å². The van der Waals surface area contributed by atoms with Crippen molar-refractivity contribution in [2.45, 2.75) is 6.92 Å². The van der Waals surface area contributed by atoms with Gasteiger partial charge in [-0.3, -0.25) is 0 Å². The lowest BCUT2D eigenvalue weighted by Gasteiger charge is -2.08. The highest BCUT2D eigenvalue weighted by atomic mass is 79.9. The van der Waals surface area contributed by atoms with E-state index in [1.807, 2.05) is 25.1 Å². The molecule has 0 amide bonds. The van der Waals surface area contributed by atoms with Gasteiger partial charge in [-0.05, 0) is 46.6 Å². The molecule has 0 saturated carbocycles. The van der Waals surface area contributed by atoms with Gasteiger partial charge in [0, 0.05) is 10.7 Å². The van der Waals surface area contributed by atoms with Gasteiger partial charge in [0.15, 0.2) is 0 Å². The second kappa shape index (κ2) is 5.41. The number of aromatic nitrogens is 2. The summed E-state index contributed by atoms with van der Waals surface area (Å²) in [7, 11) is 0. The lowest BCUT2D eigenvalue weighted by atomic mass is 10.2. The summed E-state index contributed by atoms with van der Waals surface area (Å²) in [4.78, 5) is 8.60. The predicted molar refractivity (Wildman–Crippen MR) is 80.1 cm³/mol. The molecule has 0 radical (unpaired) electrons. The molecule has 2 rings (SSSR count). The van der Waals surface area contributed by atoms with E-state index in [4.69, 9.17) is 18.0 Å². The maximum atomic E-state index is 5.53. The number of nitrogens with one attached hydrogen (secondary N) is 1. The third kappa shape index (κ3) is 3.02. The molecule has 1 aromatic carbocycles. The zero-order valence-corrected chi connectivity index (χ0v) is 12.0. The van der Waals surface area contributed by atoms with Crippen molar-refractivity contribution >= 4 is 44.8 Å². The highest BCUT2D eigenvalue weighted by molar-refractivity contribution is 9.10. The second-order valence-electron chi connectivity index (χ2n) is 3.74. The largest absolute Gasteiger partial charge is 0.388 e. The molecule has 1 heterocycles. The van der Waals surface area contributed by atoms with E-state index < -0.39 is 0 Å². The summed E-state index contributed by atoms with van der Waals surface area (Å²) >= 11 is 8.36. The van der Waals surface area contributed by atoms with Crippen molar-refractivity contribution in [1.29, 1.82) is 0 Å². The molecule has 0 saturated heterocycles. The Kier molecular flexibility index (Phi) is 3.88. The Balaban J connectivity index is 2.28. The molecular formula is C12H11BrN4S. The first-order valence-electron chi connectivity index (χ1n) is 5.22. The molecular weight excluding hydrogens is 312 g/mol. The molecule has 92 valence electrons. The number of thiocarbonyl (C=S) groups is 1. The molecule has 0 bridgehead atoms. The van der Waals surface area contributed by atoms with Crippen LogP contribution >= 0.6 is 28.1 Å². The monoisotopic (exact) mass is 322 g/mol. The maximum absolute atomic E-state index is 5.53. The van der Waals surface area contributed by atoms with E-state index in [9.17, 15) is 0 Å². The topological polar surface area (TPSA) is 63.8 Å². The van der Waals surface area contributed by atoms with Crippen molar-refractivity contribution in [1.82, 2.24) is 9.97 Å². The summed E-state index contributed by atoms with van der Waals surface area (Å²) in [6.45, 7) is 2.03. The first kappa shape index (κ1) is 12.9. The van der Waals surface area contributed by atoms with Crippen LogP contribution in [0.5, 0.6) is 0 Å². The molecule has 6 heteroatoms. The molecule has 1 aromatic heterocycles. The van der Waals surface area contributed by atoms with Gasteiger partial charge in [0.05, 0.1) is 5.69 Å². The number of aryl methyl sites for hydroxylation is 1. The molecule has 0 spiro atoms. The second-order valence-corrected chi connectivity index (χ2v) is 5.03. The van der Waals surface area contributed by atoms with Crippen molar-refractivity contribution in [2.24, 2.45) is 5.73 Å². The summed E-state index contributed by atoms with van der Waals surface area (Å²) in [6.07, 6.45) is 1.62. The lowest BCUT2D eigenvalue weighted by molar-refractivity contribution is 1.15. The standard InChI is InChI=1S/C12H11BrN4S/c1-7-2-3-9(8(13)6-7)16-12-15-5-4-10(17-12)11(14)18/h2-6H,1H3,(H2,14,18)(H,15,16,17). The van der Waals surface area contributed by atoms with Crippen LogP contribution in [0.15, 0.2) is 34.9 Å². The highest BCUT2D eigenvalue weighted by Crippen LogP contribution is 2.25. The van der Waals surface area contributed by atoms with Crippen molar-refractivity contribution in [2.75, 3.05) is 5.32 Å². The zero-order valence-electron chi connectivity index (χ0n) is 9.64. The van der Waals surface area contributed by atoms with Crippen LogP contribution < -0.4 is 11.1 Å². The van der Waals surface area contributed by atoms with E-state index >= 15 is 0 Å². The fourth-order valence-electron chi connectivity index (χ4n) is 1.40. The van der Waals surface area contributed by atoms with E-state index in [1.165, 1.54) is 5.56 Å². The number of benzene rings is 1. The smallest absolute Gasteiger partial charge is 0.227 e. The highest BCUT2D eigenvalue weighted by Gasteiger charge is 2.04. The molecule has 3 N–H and O–H groups in total. The zero-order chi connectivity index (χ0) is 13.1. The number of nitrogens with two attached hydrogens (primary N) is 1. The molecule has 18 heavy (non-hydrogen) atoms. The summed E-state index contributed by atoms with van der Waals surface area (Å²) in [5, 5.41) is 3.11. The SMILES string of the molecule is Cc1ccc(Nc2nccc(C(N)=S)n2)c(Br)c1. The molecule has 2 aromatic rings. The third-order valence-electron chi connectivity index (χ3n) is 2.28. The summed E-state index contributed by atoms with van der Waals surface area (Å²) in [6, 6.07) is 7.65. The van der Waals surface area contributed by atoms with E-state index in [-0.39, 0.29) is 4.99 Å². The number of rotatable bonds is 3. The molecule has 0 unspecified atom stereocenters. The third-order valence-corrected chi connectivity index (χ3v) is 3.14. The van der Waals surface area contributed by atoms with Gasteiger partial charge in [0.25, 0.3) is 0 Å². The molecule has 0 aliphatic rings. The number of anilines is 2. The van der Waals surface area contributed by atoms with Crippen LogP contribution in [-0.2, 0) is 0 Å². The molecule has 0 aliphatic carbocycles. The Morgan fingerprint density at radius 3 is 2.83 bits per heavy atom. The minimum atomic E-state index is 0.253. The minimum absolute atomic E-state index is 0.253. The van der Waals surface area contributed by atoms with Crippen molar-refractivity contribution in [3.8, 4) is 0 Å². The molecule has 0 aliphatic heterocycles. The van der Waals surface area contributed by atoms with Crippen molar-refractivity contribution in [3.63, 3.8) is 0 Å². The normalized spacial score (nSPS) is 10.1. The van der Waals surface area contributed by atoms with Crippen molar-refractivity contribution in [3.05, 3.63) is 46.2 Å². The molecule has 4 nitrogen and oxygen atoms in total. The van der Waals surface area contributed by atoms with Gasteiger partial charge in [-0.15, -0.1) is 0 Å². The van der Waals surface area contributed by atoms with Crippen LogP contribution in [0.25, 0.3) is 0 Å². The van der Waals surface area contributed by atoms with Crippen molar-refractivity contribution < 1.29 is 0 Å². The van der Waals surface area contributed by atoms with Crippen LogP contribution in [0, 0.1) is 6.92 Å². The first-order valence-corrected chi connectivity index (χ1v) is 6.42. The van der Waals surface area contributed by atoms with Gasteiger partial charge in [-0.1, -0.05) is 18.3 Å². The van der Waals surface area contributed by atoms with Crippen LogP contribution in [0.1, 0.15) is 11.3 Å². The minimum Gasteiger partial charge on any atom is -0.388 e. The van der Waals surface area contributed by atoms with E-state index in [0.717, 1.165) is 10.2 Å². The average Bonchev–Trinajstić information content (AvgIpc) is 2.33. The van der Waals surface area contributed by atoms with Crippen LogP contribution in [0.4, 0.5) is 11.6 Å². The Bertz CT molecular complexity index is 600. The molecule has 0 fully saturated rings. The van der Waals surface area contributed by atoms with E-state index in [1.54, 1.807) is 12.3 Å². The van der Waals surface area contributed by atoms with Crippen LogP contribution in [0.2, 0.25) is 0 Å². The van der Waals surface area contributed by atoms with Gasteiger partial charge in [-0.2, -0.15) is 0 Å². The average molecular weight is 323 g/mol. The fraction of sp³-hybridized carbons (Fsp3) is 0.0833. The maximum Gasteiger partial charge on any atom is 0.227 e. The number of nitrogens with zero attached hydrogens (tertiary/aromatic N) is 2. The Morgan fingerprint density at radius 1 is 1.39 bits per heavy atom. The number of hydrogen-bond donors (Lipinski definition) is 2. The van der Waals surface area contributed by atoms with Gasteiger partial charge in [-0.25, -0.2) is 9.97 Å². The van der Waals surface area contributed by atoms with Crippen LogP contribution in [-0.4, -0.2) is 15.0 Å². The Labute approximate surface area is 119 Å². The van der Waals surface area contributed by atoms with E-state index in [0.29, 0.717) is 11.6 Å². The summed E-state index contributed by atoms with van der Waals surface area (Å²) in [5.41, 5.74) is 8.14. The number of halogens is 1. The number of hydrogen-bond acceptors (Lipinski definition) is 4. The van der Waals surface area contributed by atoms with E-state index in [2.05, 4.69) is 31.2 Å². The van der Waals surface area contributed by atoms with Gasteiger partial charge >= 0.3 is 0 Å².